The van der Waals surface area contributed by atoms with Crippen molar-refractivity contribution in [2.75, 3.05) is 19.8 Å². The highest BCUT2D eigenvalue weighted by atomic mass is 79.9. The van der Waals surface area contributed by atoms with Gasteiger partial charge in [-0.15, -0.1) is 0 Å². The van der Waals surface area contributed by atoms with Crippen LogP contribution in [0.4, 0.5) is 0 Å². The van der Waals surface area contributed by atoms with Crippen molar-refractivity contribution >= 4 is 15.9 Å². The molecule has 0 spiro atoms. The highest BCUT2D eigenvalue weighted by Crippen LogP contribution is 2.44. The van der Waals surface area contributed by atoms with Crippen LogP contribution >= 0.6 is 15.9 Å². The SMILES string of the molecule is OCC(CO)(Cc1cc(Br)cc2c1OCC2)C1CCCC1. The number of aliphatic hydroxyl groups excluding tert-OH is 2. The zero-order valence-electron chi connectivity index (χ0n) is 12.3. The van der Waals surface area contributed by atoms with E-state index in [-0.39, 0.29) is 13.2 Å². The Balaban J connectivity index is 1.93. The van der Waals surface area contributed by atoms with Gasteiger partial charge in [-0.2, -0.15) is 0 Å². The smallest absolute Gasteiger partial charge is 0.125 e. The van der Waals surface area contributed by atoms with Gasteiger partial charge in [-0.05, 0) is 48.4 Å². The third-order valence-electron chi connectivity index (χ3n) is 5.22. The Labute approximate surface area is 134 Å². The molecular formula is C17H23BrO3. The van der Waals surface area contributed by atoms with E-state index >= 15 is 0 Å². The van der Waals surface area contributed by atoms with Crippen molar-refractivity contribution in [2.45, 2.75) is 38.5 Å². The van der Waals surface area contributed by atoms with Gasteiger partial charge in [0.15, 0.2) is 0 Å². The first-order valence-electron chi connectivity index (χ1n) is 7.84. The molecule has 2 N–H and O–H groups in total. The Bertz CT molecular complexity index is 505. The van der Waals surface area contributed by atoms with Crippen LogP contribution in [0.3, 0.4) is 0 Å². The van der Waals surface area contributed by atoms with Gasteiger partial charge in [0.2, 0.25) is 0 Å². The first-order valence-corrected chi connectivity index (χ1v) is 8.63. The largest absolute Gasteiger partial charge is 0.493 e. The number of fused-ring (bicyclic) bond motifs is 1. The predicted molar refractivity (Wildman–Crippen MR) is 85.6 cm³/mol. The fourth-order valence-electron chi connectivity index (χ4n) is 3.96. The van der Waals surface area contributed by atoms with E-state index in [1.165, 1.54) is 18.4 Å². The number of aliphatic hydroxyl groups is 2. The lowest BCUT2D eigenvalue weighted by Gasteiger charge is -2.36. The third kappa shape index (κ3) is 2.86. The summed E-state index contributed by atoms with van der Waals surface area (Å²) in [4.78, 5) is 0. The lowest BCUT2D eigenvalue weighted by molar-refractivity contribution is 0.00533. The molecule has 3 rings (SSSR count). The molecule has 1 aromatic carbocycles. The first kappa shape index (κ1) is 15.3. The van der Waals surface area contributed by atoms with Crippen LogP contribution in [0.2, 0.25) is 0 Å². The first-order chi connectivity index (χ1) is 10.2. The van der Waals surface area contributed by atoms with Gasteiger partial charge in [-0.1, -0.05) is 28.8 Å². The molecule has 0 unspecified atom stereocenters. The van der Waals surface area contributed by atoms with E-state index in [4.69, 9.17) is 4.74 Å². The average molecular weight is 355 g/mol. The predicted octanol–water partition coefficient (Wildman–Crippen LogP) is 3.09. The monoisotopic (exact) mass is 354 g/mol. The summed E-state index contributed by atoms with van der Waals surface area (Å²) in [6.45, 7) is 0.804. The Morgan fingerprint density at radius 1 is 1.19 bits per heavy atom. The summed E-state index contributed by atoms with van der Waals surface area (Å²) in [7, 11) is 0. The topological polar surface area (TPSA) is 49.7 Å². The molecule has 0 aromatic heterocycles. The van der Waals surface area contributed by atoms with Gasteiger partial charge < -0.3 is 14.9 Å². The van der Waals surface area contributed by atoms with E-state index in [0.717, 1.165) is 41.7 Å². The quantitative estimate of drug-likeness (QED) is 0.854. The summed E-state index contributed by atoms with van der Waals surface area (Å²) < 4.78 is 6.85. The molecule has 0 saturated heterocycles. The Kier molecular flexibility index (Phi) is 4.57. The van der Waals surface area contributed by atoms with Crippen molar-refractivity contribution in [3.05, 3.63) is 27.7 Å². The van der Waals surface area contributed by atoms with Crippen LogP contribution in [-0.2, 0) is 12.8 Å². The molecular weight excluding hydrogens is 332 g/mol. The van der Waals surface area contributed by atoms with Crippen molar-refractivity contribution in [3.8, 4) is 5.75 Å². The molecule has 2 aliphatic rings. The van der Waals surface area contributed by atoms with Crippen molar-refractivity contribution in [2.24, 2.45) is 11.3 Å². The van der Waals surface area contributed by atoms with Crippen LogP contribution < -0.4 is 4.74 Å². The van der Waals surface area contributed by atoms with Crippen molar-refractivity contribution < 1.29 is 14.9 Å². The minimum absolute atomic E-state index is 0.0372. The van der Waals surface area contributed by atoms with E-state index in [2.05, 4.69) is 28.1 Å². The van der Waals surface area contributed by atoms with Gasteiger partial charge in [0.05, 0.1) is 19.8 Å². The standard InChI is InChI=1S/C17H23BrO3/c18-15-7-12-5-6-21-16(12)13(8-15)9-17(10-19,11-20)14-3-1-2-4-14/h7-8,14,19-20H,1-6,9-11H2. The van der Waals surface area contributed by atoms with E-state index in [9.17, 15) is 10.2 Å². The molecule has 0 amide bonds. The normalized spacial score (nSPS) is 18.8. The summed E-state index contributed by atoms with van der Waals surface area (Å²) in [6, 6.07) is 4.19. The molecule has 3 nitrogen and oxygen atoms in total. The van der Waals surface area contributed by atoms with E-state index < -0.39 is 5.41 Å². The molecule has 116 valence electrons. The average Bonchev–Trinajstić information content (AvgIpc) is 3.15. The molecule has 0 radical (unpaired) electrons. The van der Waals surface area contributed by atoms with Gasteiger partial charge in [-0.3, -0.25) is 0 Å². The molecule has 1 aliphatic carbocycles. The fourth-order valence-corrected chi connectivity index (χ4v) is 4.51. The molecule has 1 aliphatic heterocycles. The molecule has 21 heavy (non-hydrogen) atoms. The van der Waals surface area contributed by atoms with Crippen LogP contribution in [0, 0.1) is 11.3 Å². The lowest BCUT2D eigenvalue weighted by Crippen LogP contribution is -2.39. The van der Waals surface area contributed by atoms with Gasteiger partial charge in [0.1, 0.15) is 5.75 Å². The van der Waals surface area contributed by atoms with Crippen molar-refractivity contribution in [3.63, 3.8) is 0 Å². The second-order valence-corrected chi connectivity index (χ2v) is 7.40. The number of rotatable bonds is 5. The molecule has 1 aromatic rings. The maximum atomic E-state index is 10.0. The van der Waals surface area contributed by atoms with Gasteiger partial charge in [0.25, 0.3) is 0 Å². The summed E-state index contributed by atoms with van der Waals surface area (Å²) in [5, 5.41) is 20.0. The summed E-state index contributed by atoms with van der Waals surface area (Å²) >= 11 is 3.57. The molecule has 1 saturated carbocycles. The van der Waals surface area contributed by atoms with Crippen LogP contribution in [-0.4, -0.2) is 30.0 Å². The second-order valence-electron chi connectivity index (χ2n) is 6.49. The molecule has 0 bridgehead atoms. The summed E-state index contributed by atoms with van der Waals surface area (Å²) in [6.07, 6.45) is 6.26. The molecule has 0 atom stereocenters. The minimum Gasteiger partial charge on any atom is -0.493 e. The molecule has 4 heteroatoms. The summed E-state index contributed by atoms with van der Waals surface area (Å²) in [5.41, 5.74) is 1.93. The van der Waals surface area contributed by atoms with E-state index in [1.54, 1.807) is 0 Å². The highest BCUT2D eigenvalue weighted by molar-refractivity contribution is 9.10. The Morgan fingerprint density at radius 2 is 1.90 bits per heavy atom. The zero-order valence-corrected chi connectivity index (χ0v) is 13.9. The third-order valence-corrected chi connectivity index (χ3v) is 5.68. The number of hydrogen-bond acceptors (Lipinski definition) is 3. The lowest BCUT2D eigenvalue weighted by atomic mass is 9.71. The second kappa shape index (κ2) is 6.27. The Morgan fingerprint density at radius 3 is 2.57 bits per heavy atom. The number of ether oxygens (including phenoxy) is 1. The van der Waals surface area contributed by atoms with Crippen LogP contribution in [0.5, 0.6) is 5.75 Å². The van der Waals surface area contributed by atoms with Gasteiger partial charge in [0, 0.05) is 16.3 Å². The molecule has 1 heterocycles. The van der Waals surface area contributed by atoms with Crippen LogP contribution in [0.25, 0.3) is 0 Å². The fraction of sp³-hybridized carbons (Fsp3) is 0.647. The molecule has 1 fully saturated rings. The highest BCUT2D eigenvalue weighted by Gasteiger charge is 2.40. The number of hydrogen-bond donors (Lipinski definition) is 2. The number of halogens is 1. The van der Waals surface area contributed by atoms with Crippen molar-refractivity contribution in [1.82, 2.24) is 0 Å². The zero-order chi connectivity index (χ0) is 14.9. The van der Waals surface area contributed by atoms with Crippen LogP contribution in [0.15, 0.2) is 16.6 Å². The maximum Gasteiger partial charge on any atom is 0.125 e. The van der Waals surface area contributed by atoms with Crippen molar-refractivity contribution in [1.29, 1.82) is 0 Å². The van der Waals surface area contributed by atoms with Gasteiger partial charge >= 0.3 is 0 Å². The van der Waals surface area contributed by atoms with E-state index in [0.29, 0.717) is 12.3 Å². The Hall–Kier alpha value is -0.580. The maximum absolute atomic E-state index is 10.0. The van der Waals surface area contributed by atoms with E-state index in [1.807, 2.05) is 0 Å². The number of benzene rings is 1. The summed E-state index contributed by atoms with van der Waals surface area (Å²) in [5.74, 6) is 1.38. The minimum atomic E-state index is -0.420. The van der Waals surface area contributed by atoms with Crippen LogP contribution in [0.1, 0.15) is 36.8 Å². The van der Waals surface area contributed by atoms with Gasteiger partial charge in [-0.25, -0.2) is 0 Å².